The normalized spacial score (nSPS) is 21.8. The van der Waals surface area contributed by atoms with Gasteiger partial charge in [0.15, 0.2) is 0 Å². The van der Waals surface area contributed by atoms with E-state index in [1.165, 1.54) is 64.2 Å². The van der Waals surface area contributed by atoms with E-state index >= 15 is 0 Å². The summed E-state index contributed by atoms with van der Waals surface area (Å²) in [4.78, 5) is 7.33. The molecular formula is C18H29N3. The zero-order valence-electron chi connectivity index (χ0n) is 13.1. The average molecular weight is 287 g/mol. The lowest BCUT2D eigenvalue weighted by atomic mass is 9.88. The van der Waals surface area contributed by atoms with Gasteiger partial charge in [0.2, 0.25) is 0 Å². The van der Waals surface area contributed by atoms with Crippen LogP contribution in [0.2, 0.25) is 0 Å². The Kier molecular flexibility index (Phi) is 5.13. The first kappa shape index (κ1) is 14.8. The van der Waals surface area contributed by atoms with Crippen molar-refractivity contribution in [1.82, 2.24) is 9.88 Å². The van der Waals surface area contributed by atoms with Crippen LogP contribution in [0, 0.1) is 0 Å². The van der Waals surface area contributed by atoms with E-state index in [9.17, 15) is 0 Å². The number of nitrogen functional groups attached to an aromatic ring is 1. The first-order chi connectivity index (χ1) is 10.3. The van der Waals surface area contributed by atoms with E-state index in [4.69, 9.17) is 5.73 Å². The van der Waals surface area contributed by atoms with Crippen LogP contribution in [0.5, 0.6) is 0 Å². The van der Waals surface area contributed by atoms with Gasteiger partial charge < -0.3 is 5.73 Å². The molecule has 3 rings (SSSR count). The standard InChI is InChI=1S/C18H29N3/c19-15-11-12-20-16(13-15)14-21(17-7-3-1-4-8-17)18-9-5-2-6-10-18/h11-13,17-18H,1-10,14H2,(H2,19,20). The van der Waals surface area contributed by atoms with E-state index in [-0.39, 0.29) is 0 Å². The Morgan fingerprint density at radius 1 is 0.952 bits per heavy atom. The number of hydrogen-bond donors (Lipinski definition) is 1. The van der Waals surface area contributed by atoms with Gasteiger partial charge in [-0.05, 0) is 37.8 Å². The van der Waals surface area contributed by atoms with Gasteiger partial charge in [-0.2, -0.15) is 0 Å². The second-order valence-electron chi connectivity index (χ2n) is 6.84. The predicted molar refractivity (Wildman–Crippen MR) is 87.9 cm³/mol. The first-order valence-corrected chi connectivity index (χ1v) is 8.79. The third-order valence-corrected chi connectivity index (χ3v) is 5.27. The first-order valence-electron chi connectivity index (χ1n) is 8.79. The molecule has 0 atom stereocenters. The molecule has 0 unspecified atom stereocenters. The molecule has 2 N–H and O–H groups in total. The SMILES string of the molecule is Nc1ccnc(CN(C2CCCCC2)C2CCCCC2)c1. The van der Waals surface area contributed by atoms with Crippen molar-refractivity contribution in [2.24, 2.45) is 0 Å². The quantitative estimate of drug-likeness (QED) is 0.905. The van der Waals surface area contributed by atoms with E-state index in [0.29, 0.717) is 0 Å². The summed E-state index contributed by atoms with van der Waals surface area (Å²) in [7, 11) is 0. The van der Waals surface area contributed by atoms with Gasteiger partial charge in [0.05, 0.1) is 5.69 Å². The van der Waals surface area contributed by atoms with Crippen molar-refractivity contribution in [3.63, 3.8) is 0 Å². The van der Waals surface area contributed by atoms with Crippen LogP contribution in [0.3, 0.4) is 0 Å². The molecular weight excluding hydrogens is 258 g/mol. The van der Waals surface area contributed by atoms with E-state index in [2.05, 4.69) is 16.0 Å². The lowest BCUT2D eigenvalue weighted by molar-refractivity contribution is 0.0719. The molecule has 2 aliphatic carbocycles. The number of nitrogens with two attached hydrogens (primary N) is 1. The summed E-state index contributed by atoms with van der Waals surface area (Å²) in [6, 6.07) is 5.48. The van der Waals surface area contributed by atoms with Crippen LogP contribution in [0.25, 0.3) is 0 Å². The molecule has 0 radical (unpaired) electrons. The molecule has 3 nitrogen and oxygen atoms in total. The molecule has 0 aliphatic heterocycles. The maximum absolute atomic E-state index is 5.93. The fourth-order valence-corrected chi connectivity index (χ4v) is 4.15. The van der Waals surface area contributed by atoms with E-state index in [1.54, 1.807) is 0 Å². The highest BCUT2D eigenvalue weighted by Crippen LogP contribution is 2.31. The summed E-state index contributed by atoms with van der Waals surface area (Å²) in [5.74, 6) is 0. The number of nitrogens with zero attached hydrogens (tertiary/aromatic N) is 2. The molecule has 0 spiro atoms. The molecule has 0 amide bonds. The minimum absolute atomic E-state index is 0.769. The topological polar surface area (TPSA) is 42.1 Å². The van der Waals surface area contributed by atoms with Crippen LogP contribution >= 0.6 is 0 Å². The number of pyridine rings is 1. The molecule has 0 aromatic carbocycles. The zero-order chi connectivity index (χ0) is 14.5. The molecule has 0 bridgehead atoms. The van der Waals surface area contributed by atoms with Gasteiger partial charge in [-0.3, -0.25) is 9.88 Å². The van der Waals surface area contributed by atoms with Crippen molar-refractivity contribution in [3.05, 3.63) is 24.0 Å². The lowest BCUT2D eigenvalue weighted by Crippen LogP contribution is -2.44. The molecule has 1 heterocycles. The Morgan fingerprint density at radius 3 is 2.05 bits per heavy atom. The van der Waals surface area contributed by atoms with Gasteiger partial charge in [0, 0.05) is 30.5 Å². The summed E-state index contributed by atoms with van der Waals surface area (Å²) in [6.07, 6.45) is 15.8. The van der Waals surface area contributed by atoms with Gasteiger partial charge in [-0.1, -0.05) is 38.5 Å². The molecule has 2 aliphatic rings. The molecule has 2 fully saturated rings. The Labute approximate surface area is 128 Å². The van der Waals surface area contributed by atoms with Gasteiger partial charge in [-0.15, -0.1) is 0 Å². The van der Waals surface area contributed by atoms with Crippen LogP contribution < -0.4 is 5.73 Å². The number of aromatic nitrogens is 1. The highest BCUT2D eigenvalue weighted by atomic mass is 15.2. The molecule has 116 valence electrons. The second-order valence-corrected chi connectivity index (χ2v) is 6.84. The van der Waals surface area contributed by atoms with Crippen molar-refractivity contribution in [2.45, 2.75) is 82.8 Å². The Balaban J connectivity index is 1.73. The molecule has 0 saturated heterocycles. The Bertz CT molecular complexity index is 416. The van der Waals surface area contributed by atoms with Crippen molar-refractivity contribution >= 4 is 5.69 Å². The summed E-state index contributed by atoms with van der Waals surface area (Å²) >= 11 is 0. The summed E-state index contributed by atoms with van der Waals surface area (Å²) in [5.41, 5.74) is 7.92. The van der Waals surface area contributed by atoms with E-state index in [0.717, 1.165) is 30.0 Å². The molecule has 3 heteroatoms. The van der Waals surface area contributed by atoms with Crippen molar-refractivity contribution < 1.29 is 0 Å². The molecule has 2 saturated carbocycles. The summed E-state index contributed by atoms with van der Waals surface area (Å²) in [6.45, 7) is 0.986. The lowest BCUT2D eigenvalue weighted by Gasteiger charge is -2.41. The summed E-state index contributed by atoms with van der Waals surface area (Å²) < 4.78 is 0. The molecule has 1 aromatic heterocycles. The third-order valence-electron chi connectivity index (χ3n) is 5.27. The highest BCUT2D eigenvalue weighted by molar-refractivity contribution is 5.37. The average Bonchev–Trinajstić information content (AvgIpc) is 2.54. The van der Waals surface area contributed by atoms with E-state index < -0.39 is 0 Å². The fourth-order valence-electron chi connectivity index (χ4n) is 4.15. The highest BCUT2D eigenvalue weighted by Gasteiger charge is 2.29. The zero-order valence-corrected chi connectivity index (χ0v) is 13.1. The second kappa shape index (κ2) is 7.26. The monoisotopic (exact) mass is 287 g/mol. The smallest absolute Gasteiger partial charge is 0.0564 e. The van der Waals surface area contributed by atoms with Gasteiger partial charge in [0.1, 0.15) is 0 Å². The van der Waals surface area contributed by atoms with Crippen LogP contribution in [-0.4, -0.2) is 22.0 Å². The third kappa shape index (κ3) is 3.97. The van der Waals surface area contributed by atoms with Gasteiger partial charge >= 0.3 is 0 Å². The molecule has 1 aromatic rings. The van der Waals surface area contributed by atoms with Crippen LogP contribution in [0.1, 0.15) is 69.9 Å². The summed E-state index contributed by atoms with van der Waals surface area (Å²) in [5, 5.41) is 0. The predicted octanol–water partition coefficient (Wildman–Crippen LogP) is 4.13. The number of anilines is 1. The van der Waals surface area contributed by atoms with Crippen molar-refractivity contribution in [1.29, 1.82) is 0 Å². The van der Waals surface area contributed by atoms with Crippen molar-refractivity contribution in [2.75, 3.05) is 5.73 Å². The number of rotatable bonds is 4. The minimum atomic E-state index is 0.769. The van der Waals surface area contributed by atoms with Gasteiger partial charge in [0.25, 0.3) is 0 Å². The van der Waals surface area contributed by atoms with Crippen LogP contribution in [0.4, 0.5) is 5.69 Å². The Hall–Kier alpha value is -1.09. The van der Waals surface area contributed by atoms with Crippen LogP contribution in [0.15, 0.2) is 18.3 Å². The minimum Gasteiger partial charge on any atom is -0.399 e. The number of hydrogen-bond acceptors (Lipinski definition) is 3. The Morgan fingerprint density at radius 2 is 1.52 bits per heavy atom. The van der Waals surface area contributed by atoms with Crippen LogP contribution in [-0.2, 0) is 6.54 Å². The van der Waals surface area contributed by atoms with Gasteiger partial charge in [-0.25, -0.2) is 0 Å². The van der Waals surface area contributed by atoms with E-state index in [1.807, 2.05) is 12.3 Å². The largest absolute Gasteiger partial charge is 0.399 e. The fraction of sp³-hybridized carbons (Fsp3) is 0.722. The maximum atomic E-state index is 5.93. The maximum Gasteiger partial charge on any atom is 0.0564 e. The molecule has 21 heavy (non-hydrogen) atoms. The van der Waals surface area contributed by atoms with Crippen molar-refractivity contribution in [3.8, 4) is 0 Å².